The van der Waals surface area contributed by atoms with Gasteiger partial charge in [0.05, 0.1) is 10.0 Å². The molecule has 1 amide bonds. The van der Waals surface area contributed by atoms with Crippen LogP contribution in [0.1, 0.15) is 30.7 Å². The van der Waals surface area contributed by atoms with Crippen molar-refractivity contribution in [1.82, 2.24) is 9.62 Å². The van der Waals surface area contributed by atoms with E-state index in [2.05, 4.69) is 4.72 Å². The van der Waals surface area contributed by atoms with Crippen LogP contribution in [0, 0.1) is 5.82 Å². The van der Waals surface area contributed by atoms with Crippen LogP contribution in [-0.2, 0) is 25.2 Å². The van der Waals surface area contributed by atoms with Gasteiger partial charge in [-0.1, -0.05) is 17.7 Å². The largest absolute Gasteiger partial charge is 0.483 e. The van der Waals surface area contributed by atoms with E-state index >= 15 is 0 Å². The van der Waals surface area contributed by atoms with E-state index in [0.717, 1.165) is 11.0 Å². The van der Waals surface area contributed by atoms with Crippen LogP contribution in [-0.4, -0.2) is 57.5 Å². The third-order valence-electron chi connectivity index (χ3n) is 5.58. The molecule has 3 rings (SSSR count). The van der Waals surface area contributed by atoms with Crippen LogP contribution in [0.4, 0.5) is 10.1 Å². The molecule has 1 aliphatic rings. The fourth-order valence-corrected chi connectivity index (χ4v) is 5.27. The molecule has 0 spiro atoms. The molecule has 0 saturated carbocycles. The Bertz CT molecular complexity index is 1170. The number of carboxylic acid groups (broad SMARTS) is 1. The Morgan fingerprint density at radius 1 is 1.29 bits per heavy atom. The van der Waals surface area contributed by atoms with Gasteiger partial charge in [0.1, 0.15) is 11.9 Å². The summed E-state index contributed by atoms with van der Waals surface area (Å²) in [5.74, 6) is -0.992. The van der Waals surface area contributed by atoms with E-state index in [4.69, 9.17) is 21.5 Å². The zero-order valence-electron chi connectivity index (χ0n) is 19.2. The van der Waals surface area contributed by atoms with Crippen molar-refractivity contribution in [3.63, 3.8) is 0 Å². The highest BCUT2D eigenvalue weighted by atomic mass is 35.5. The van der Waals surface area contributed by atoms with Crippen molar-refractivity contribution in [3.8, 4) is 0 Å². The van der Waals surface area contributed by atoms with Crippen LogP contribution in [0.2, 0.25) is 4.34 Å². The van der Waals surface area contributed by atoms with Crippen molar-refractivity contribution in [1.29, 1.82) is 0 Å². The lowest BCUT2D eigenvalue weighted by Gasteiger charge is -2.33. The zero-order valence-corrected chi connectivity index (χ0v) is 21.5. The highest BCUT2D eigenvalue weighted by Gasteiger charge is 2.36. The second-order valence-corrected chi connectivity index (χ2v) is 11.5. The lowest BCUT2D eigenvalue weighted by molar-refractivity contribution is -0.123. The topological polar surface area (TPSA) is 107 Å². The average Bonchev–Trinajstić information content (AvgIpc) is 3.32. The molecular formula is C22H27ClFN3O5S2. The van der Waals surface area contributed by atoms with Crippen molar-refractivity contribution in [3.05, 3.63) is 56.3 Å². The highest BCUT2D eigenvalue weighted by Crippen LogP contribution is 2.31. The molecule has 186 valence electrons. The number of hydrogen-bond acceptors (Lipinski definition) is 6. The summed E-state index contributed by atoms with van der Waals surface area (Å²) in [5.41, 5.74) is 0.543. The minimum atomic E-state index is -3.85. The zero-order chi connectivity index (χ0) is 25.7. The Hall–Kier alpha value is -2.31. The van der Waals surface area contributed by atoms with E-state index in [1.807, 2.05) is 32.8 Å². The van der Waals surface area contributed by atoms with Gasteiger partial charge in [-0.05, 0) is 70.3 Å². The molecule has 1 unspecified atom stereocenters. The summed E-state index contributed by atoms with van der Waals surface area (Å²) in [7, 11) is -0.0305. The van der Waals surface area contributed by atoms with Crippen LogP contribution < -0.4 is 9.62 Å². The SMILES string of the molecule is CN(C)C(C)(C)c1ccc(N2CCC(NS(=O)(=O)C=Cc3ccc(Cl)s3)C2=O)c(F)c1.O=CO. The lowest BCUT2D eigenvalue weighted by atomic mass is 9.92. The minimum absolute atomic E-state index is 0.147. The second-order valence-electron chi connectivity index (χ2n) is 8.16. The number of benzene rings is 1. The van der Waals surface area contributed by atoms with Crippen LogP contribution in [0.5, 0.6) is 0 Å². The normalized spacial score (nSPS) is 16.7. The summed E-state index contributed by atoms with van der Waals surface area (Å²) < 4.78 is 42.5. The molecule has 1 atom stereocenters. The standard InChI is InChI=1S/C21H25ClFN3O3S2.CH2O2/c1-21(2,25(3)4)14-5-7-18(16(23)13-14)26-11-9-17(20(26)27)24-31(28,29)12-10-15-6-8-19(22)30-15;2-1-3/h5-8,10,12-13,17,24H,9,11H2,1-4H3;1H,(H,2,3). The molecule has 8 nitrogen and oxygen atoms in total. The predicted molar refractivity (Wildman–Crippen MR) is 133 cm³/mol. The lowest BCUT2D eigenvalue weighted by Crippen LogP contribution is -2.41. The Morgan fingerprint density at radius 2 is 1.94 bits per heavy atom. The van der Waals surface area contributed by atoms with E-state index in [1.54, 1.807) is 24.3 Å². The van der Waals surface area contributed by atoms with E-state index in [-0.39, 0.29) is 30.7 Å². The Balaban J connectivity index is 0.00000129. The fraction of sp³-hybridized carbons (Fsp3) is 0.364. The molecular weight excluding hydrogens is 505 g/mol. The number of rotatable bonds is 7. The number of carbonyl (C=O) groups excluding carboxylic acids is 1. The molecule has 0 aliphatic carbocycles. The predicted octanol–water partition coefficient (Wildman–Crippen LogP) is 3.73. The summed E-state index contributed by atoms with van der Waals surface area (Å²) in [6.07, 6.45) is 1.67. The Kier molecular flexibility index (Phi) is 9.37. The molecule has 0 bridgehead atoms. The Morgan fingerprint density at radius 3 is 2.47 bits per heavy atom. The van der Waals surface area contributed by atoms with Gasteiger partial charge in [-0.3, -0.25) is 9.59 Å². The van der Waals surface area contributed by atoms with Gasteiger partial charge in [-0.25, -0.2) is 12.8 Å². The second kappa shape index (κ2) is 11.4. The quantitative estimate of drug-likeness (QED) is 0.527. The van der Waals surface area contributed by atoms with Gasteiger partial charge < -0.3 is 14.9 Å². The molecule has 1 aliphatic heterocycles. The maximum Gasteiger partial charge on any atom is 0.290 e. The maximum absolute atomic E-state index is 14.9. The van der Waals surface area contributed by atoms with Gasteiger partial charge >= 0.3 is 0 Å². The van der Waals surface area contributed by atoms with Gasteiger partial charge in [0.2, 0.25) is 15.9 Å². The number of hydrogen-bond donors (Lipinski definition) is 2. The minimum Gasteiger partial charge on any atom is -0.483 e. The molecule has 2 heterocycles. The van der Waals surface area contributed by atoms with E-state index in [1.165, 1.54) is 28.4 Å². The number of thiophene rings is 1. The van der Waals surface area contributed by atoms with E-state index in [9.17, 15) is 17.6 Å². The van der Waals surface area contributed by atoms with Gasteiger partial charge in [0, 0.05) is 22.4 Å². The molecule has 1 fully saturated rings. The van der Waals surface area contributed by atoms with E-state index < -0.39 is 27.8 Å². The van der Waals surface area contributed by atoms with E-state index in [0.29, 0.717) is 9.21 Å². The third-order valence-corrected chi connectivity index (χ3v) is 7.88. The Labute approximate surface area is 207 Å². The fourth-order valence-electron chi connectivity index (χ4n) is 3.21. The van der Waals surface area contributed by atoms with Gasteiger partial charge in [0.25, 0.3) is 6.47 Å². The third kappa shape index (κ3) is 6.86. The molecule has 0 radical (unpaired) electrons. The van der Waals surface area contributed by atoms with Gasteiger partial charge in [-0.15, -0.1) is 11.3 Å². The number of halogens is 2. The first kappa shape index (κ1) is 27.9. The number of nitrogens with zero attached hydrogens (tertiary/aromatic N) is 2. The van der Waals surface area contributed by atoms with Crippen LogP contribution in [0.15, 0.2) is 35.7 Å². The number of sulfonamides is 1. The molecule has 34 heavy (non-hydrogen) atoms. The molecule has 1 aromatic carbocycles. The molecule has 2 N–H and O–H groups in total. The van der Waals surface area contributed by atoms with Gasteiger partial charge in [-0.2, -0.15) is 4.72 Å². The highest BCUT2D eigenvalue weighted by molar-refractivity contribution is 7.92. The summed E-state index contributed by atoms with van der Waals surface area (Å²) in [6, 6.07) is 7.21. The molecule has 2 aromatic rings. The van der Waals surface area contributed by atoms with Crippen molar-refractivity contribution in [2.45, 2.75) is 31.8 Å². The van der Waals surface area contributed by atoms with Crippen LogP contribution in [0.25, 0.3) is 6.08 Å². The summed E-state index contributed by atoms with van der Waals surface area (Å²) in [5, 5.41) is 7.89. The van der Waals surface area contributed by atoms with Crippen molar-refractivity contribution in [2.24, 2.45) is 0 Å². The summed E-state index contributed by atoms with van der Waals surface area (Å²) in [4.78, 5) is 25.1. The first-order chi connectivity index (χ1) is 15.8. The van der Waals surface area contributed by atoms with Crippen LogP contribution >= 0.6 is 22.9 Å². The monoisotopic (exact) mass is 531 g/mol. The molecule has 1 saturated heterocycles. The van der Waals surface area contributed by atoms with Crippen LogP contribution in [0.3, 0.4) is 0 Å². The average molecular weight is 532 g/mol. The summed E-state index contributed by atoms with van der Waals surface area (Å²) in [6.45, 7) is 3.93. The van der Waals surface area contributed by atoms with Crippen molar-refractivity contribution < 1.29 is 27.5 Å². The van der Waals surface area contributed by atoms with Crippen molar-refractivity contribution >= 4 is 57.1 Å². The summed E-state index contributed by atoms with van der Waals surface area (Å²) >= 11 is 7.08. The molecule has 12 heteroatoms. The van der Waals surface area contributed by atoms with Gasteiger partial charge in [0.15, 0.2) is 0 Å². The maximum atomic E-state index is 14.9. The molecule has 1 aromatic heterocycles. The number of nitrogens with one attached hydrogen (secondary N) is 1. The smallest absolute Gasteiger partial charge is 0.290 e. The number of anilines is 1. The number of carbonyl (C=O) groups is 2. The first-order valence-electron chi connectivity index (χ1n) is 10.1. The first-order valence-corrected chi connectivity index (χ1v) is 12.9. The van der Waals surface area contributed by atoms with Crippen molar-refractivity contribution in [2.75, 3.05) is 25.5 Å². The number of amides is 1.